The Bertz CT molecular complexity index is 180. The fourth-order valence-electron chi connectivity index (χ4n) is 2.45. The van der Waals surface area contributed by atoms with Crippen LogP contribution in [-0.4, -0.2) is 0 Å². The second-order valence-electron chi connectivity index (χ2n) is 5.16. The van der Waals surface area contributed by atoms with Crippen LogP contribution in [0.4, 0.5) is 0 Å². The molecule has 0 aromatic rings. The minimum Gasteiger partial charge on any atom is -0.0999 e. The van der Waals surface area contributed by atoms with Gasteiger partial charge < -0.3 is 0 Å². The van der Waals surface area contributed by atoms with Crippen LogP contribution in [0.3, 0.4) is 0 Å². The predicted molar refractivity (Wildman–Crippen MR) is 59.6 cm³/mol. The first-order valence-electron chi connectivity index (χ1n) is 5.67. The van der Waals surface area contributed by atoms with Gasteiger partial charge in [0.1, 0.15) is 0 Å². The molecule has 0 aliphatic heterocycles. The summed E-state index contributed by atoms with van der Waals surface area (Å²) in [5.41, 5.74) is 1.37. The fourth-order valence-corrected chi connectivity index (χ4v) is 2.45. The second-order valence-corrected chi connectivity index (χ2v) is 5.16. The molecule has 76 valence electrons. The van der Waals surface area contributed by atoms with E-state index in [2.05, 4.69) is 34.3 Å². The van der Waals surface area contributed by atoms with Crippen molar-refractivity contribution in [3.63, 3.8) is 0 Å². The lowest BCUT2D eigenvalue weighted by molar-refractivity contribution is 0.177. The first kappa shape index (κ1) is 10.8. The third-order valence-corrected chi connectivity index (χ3v) is 4.12. The molecule has 1 aliphatic rings. The van der Waals surface area contributed by atoms with Crippen LogP contribution < -0.4 is 0 Å². The highest BCUT2D eigenvalue weighted by atomic mass is 14.3. The first-order valence-corrected chi connectivity index (χ1v) is 5.67. The predicted octanol–water partition coefficient (Wildman–Crippen LogP) is 4.27. The molecule has 0 heterocycles. The van der Waals surface area contributed by atoms with E-state index in [0.717, 1.165) is 23.7 Å². The maximum absolute atomic E-state index is 4.07. The van der Waals surface area contributed by atoms with Crippen molar-refractivity contribution in [2.45, 2.75) is 47.0 Å². The third-order valence-electron chi connectivity index (χ3n) is 4.12. The van der Waals surface area contributed by atoms with Gasteiger partial charge in [-0.25, -0.2) is 0 Å². The zero-order valence-electron chi connectivity index (χ0n) is 9.64. The van der Waals surface area contributed by atoms with E-state index in [1.54, 1.807) is 0 Å². The summed E-state index contributed by atoms with van der Waals surface area (Å²) in [6.07, 6.45) is 4.25. The third kappa shape index (κ3) is 2.59. The smallest absolute Gasteiger partial charge is 0.0209 e. The van der Waals surface area contributed by atoms with Crippen LogP contribution in [0, 0.1) is 23.7 Å². The topological polar surface area (TPSA) is 0 Å². The summed E-state index contributed by atoms with van der Waals surface area (Å²) in [4.78, 5) is 0. The van der Waals surface area contributed by atoms with E-state index in [4.69, 9.17) is 0 Å². The monoisotopic (exact) mass is 180 g/mol. The van der Waals surface area contributed by atoms with Crippen LogP contribution in [0.1, 0.15) is 47.0 Å². The molecule has 0 saturated heterocycles. The van der Waals surface area contributed by atoms with Gasteiger partial charge in [-0.3, -0.25) is 0 Å². The van der Waals surface area contributed by atoms with Gasteiger partial charge in [-0.05, 0) is 43.4 Å². The van der Waals surface area contributed by atoms with E-state index in [-0.39, 0.29) is 0 Å². The second kappa shape index (κ2) is 4.30. The Balaban J connectivity index is 2.50. The maximum atomic E-state index is 4.07. The molecule has 0 bridgehead atoms. The lowest BCUT2D eigenvalue weighted by Crippen LogP contribution is -2.25. The van der Waals surface area contributed by atoms with Gasteiger partial charge in [-0.1, -0.05) is 39.3 Å². The van der Waals surface area contributed by atoms with Crippen molar-refractivity contribution in [1.82, 2.24) is 0 Å². The summed E-state index contributed by atoms with van der Waals surface area (Å²) >= 11 is 0. The summed E-state index contributed by atoms with van der Waals surface area (Å²) < 4.78 is 0. The van der Waals surface area contributed by atoms with Crippen molar-refractivity contribution in [2.75, 3.05) is 0 Å². The van der Waals surface area contributed by atoms with Gasteiger partial charge in [0.2, 0.25) is 0 Å². The van der Waals surface area contributed by atoms with Crippen molar-refractivity contribution in [3.8, 4) is 0 Å². The molecule has 0 heteroatoms. The highest BCUT2D eigenvalue weighted by molar-refractivity contribution is 4.98. The molecule has 4 unspecified atom stereocenters. The van der Waals surface area contributed by atoms with E-state index in [1.807, 2.05) is 0 Å². The van der Waals surface area contributed by atoms with Crippen LogP contribution in [-0.2, 0) is 0 Å². The van der Waals surface area contributed by atoms with Crippen LogP contribution in [0.25, 0.3) is 0 Å². The molecule has 1 saturated carbocycles. The Morgan fingerprint density at radius 2 is 1.85 bits per heavy atom. The van der Waals surface area contributed by atoms with E-state index in [9.17, 15) is 0 Å². The molecule has 13 heavy (non-hydrogen) atoms. The Kier molecular flexibility index (Phi) is 3.58. The lowest BCUT2D eigenvalue weighted by atomic mass is 9.70. The van der Waals surface area contributed by atoms with E-state index in [1.165, 1.54) is 24.8 Å². The van der Waals surface area contributed by atoms with Gasteiger partial charge in [0, 0.05) is 0 Å². The van der Waals surface area contributed by atoms with Crippen LogP contribution in [0.2, 0.25) is 0 Å². The van der Waals surface area contributed by atoms with Gasteiger partial charge in [0.15, 0.2) is 0 Å². The average Bonchev–Trinajstić information content (AvgIpc) is 2.08. The molecule has 4 atom stereocenters. The van der Waals surface area contributed by atoms with Crippen LogP contribution >= 0.6 is 0 Å². The molecule has 0 nitrogen and oxygen atoms in total. The van der Waals surface area contributed by atoms with Crippen LogP contribution in [0.15, 0.2) is 12.2 Å². The normalized spacial score (nSPS) is 37.1. The van der Waals surface area contributed by atoms with Crippen molar-refractivity contribution in [2.24, 2.45) is 23.7 Å². The summed E-state index contributed by atoms with van der Waals surface area (Å²) in [6.45, 7) is 13.4. The first-order chi connectivity index (χ1) is 6.02. The molecule has 0 radical (unpaired) electrons. The van der Waals surface area contributed by atoms with Gasteiger partial charge in [0.05, 0.1) is 0 Å². The van der Waals surface area contributed by atoms with Gasteiger partial charge >= 0.3 is 0 Å². The van der Waals surface area contributed by atoms with Crippen molar-refractivity contribution >= 4 is 0 Å². The molecule has 0 N–H and O–H groups in total. The summed E-state index contributed by atoms with van der Waals surface area (Å²) in [7, 11) is 0. The Hall–Kier alpha value is -0.260. The van der Waals surface area contributed by atoms with E-state index >= 15 is 0 Å². The zero-order valence-corrected chi connectivity index (χ0v) is 9.64. The molecule has 1 fully saturated rings. The van der Waals surface area contributed by atoms with Crippen molar-refractivity contribution in [1.29, 1.82) is 0 Å². The molecule has 0 amide bonds. The summed E-state index contributed by atoms with van der Waals surface area (Å²) in [5, 5.41) is 0. The number of allylic oxidation sites excluding steroid dienone is 1. The summed E-state index contributed by atoms with van der Waals surface area (Å²) in [6, 6.07) is 0. The van der Waals surface area contributed by atoms with Gasteiger partial charge in [-0.2, -0.15) is 0 Å². The highest BCUT2D eigenvalue weighted by Crippen LogP contribution is 2.38. The van der Waals surface area contributed by atoms with Crippen molar-refractivity contribution in [3.05, 3.63) is 12.2 Å². The largest absolute Gasteiger partial charge is 0.0999 e. The van der Waals surface area contributed by atoms with E-state index < -0.39 is 0 Å². The Morgan fingerprint density at radius 1 is 1.23 bits per heavy atom. The quantitative estimate of drug-likeness (QED) is 0.557. The molecule has 0 aromatic heterocycles. The highest BCUT2D eigenvalue weighted by Gasteiger charge is 2.27. The fraction of sp³-hybridized carbons (Fsp3) is 0.846. The number of hydrogen-bond acceptors (Lipinski definition) is 0. The Morgan fingerprint density at radius 3 is 2.31 bits per heavy atom. The number of hydrogen-bond donors (Lipinski definition) is 0. The summed E-state index contributed by atoms with van der Waals surface area (Å²) in [5.74, 6) is 3.49. The molecule has 1 aliphatic carbocycles. The van der Waals surface area contributed by atoms with Gasteiger partial charge in [0.25, 0.3) is 0 Å². The van der Waals surface area contributed by atoms with Gasteiger partial charge in [-0.15, -0.1) is 0 Å². The Labute approximate surface area is 83.4 Å². The minimum absolute atomic E-state index is 0.731. The molecular weight excluding hydrogens is 156 g/mol. The number of rotatable bonds is 2. The maximum Gasteiger partial charge on any atom is -0.0209 e. The van der Waals surface area contributed by atoms with Crippen molar-refractivity contribution < 1.29 is 0 Å². The lowest BCUT2D eigenvalue weighted by Gasteiger charge is -2.35. The van der Waals surface area contributed by atoms with E-state index in [0.29, 0.717) is 0 Å². The zero-order chi connectivity index (χ0) is 10.0. The standard InChI is InChI=1S/C13H24/c1-9(2)12(5)13-7-6-10(3)11(4)8-13/h10-13H,1,6-8H2,2-5H3. The van der Waals surface area contributed by atoms with Crippen LogP contribution in [0.5, 0.6) is 0 Å². The molecule has 0 aromatic carbocycles. The average molecular weight is 180 g/mol. The molecule has 1 rings (SSSR count). The minimum atomic E-state index is 0.731. The molecule has 0 spiro atoms. The molecular formula is C13H24. The SMILES string of the molecule is C=C(C)C(C)C1CCC(C)C(C)C1.